The molecule has 0 spiro atoms. The van der Waals surface area contributed by atoms with E-state index in [2.05, 4.69) is 16.0 Å². The van der Waals surface area contributed by atoms with Crippen molar-refractivity contribution in [2.24, 2.45) is 0 Å². The van der Waals surface area contributed by atoms with E-state index in [0.717, 1.165) is 11.0 Å². The molecule has 28 heavy (non-hydrogen) atoms. The van der Waals surface area contributed by atoms with Crippen molar-refractivity contribution in [3.63, 3.8) is 0 Å². The maximum absolute atomic E-state index is 11.0. The summed E-state index contributed by atoms with van der Waals surface area (Å²) in [5, 5.41) is 30.5. The molecule has 0 aliphatic rings. The molecule has 0 aliphatic heterocycles. The van der Waals surface area contributed by atoms with Crippen LogP contribution in [-0.4, -0.2) is 20.0 Å². The predicted octanol–water partition coefficient (Wildman–Crippen LogP) is 4.50. The molecule has 2 aromatic heterocycles. The minimum Gasteiger partial charge on any atom is -0.507 e. The van der Waals surface area contributed by atoms with Crippen LogP contribution >= 0.6 is 0 Å². The van der Waals surface area contributed by atoms with Gasteiger partial charge in [0.25, 0.3) is 5.69 Å². The van der Waals surface area contributed by atoms with Gasteiger partial charge in [-0.3, -0.25) is 10.1 Å². The minimum absolute atomic E-state index is 0.145. The van der Waals surface area contributed by atoms with E-state index >= 15 is 0 Å². The second-order valence-electron chi connectivity index (χ2n) is 5.93. The number of furan rings is 1. The van der Waals surface area contributed by atoms with Crippen LogP contribution in [0.4, 0.5) is 5.69 Å². The molecule has 2 aromatic carbocycles. The molecule has 136 valence electrons. The van der Waals surface area contributed by atoms with Crippen LogP contribution in [0.5, 0.6) is 5.75 Å². The number of nitrogens with one attached hydrogen (secondary N) is 1. The Morgan fingerprint density at radius 1 is 1.25 bits per heavy atom. The number of aromatic hydroxyl groups is 1. The van der Waals surface area contributed by atoms with Gasteiger partial charge in [0.05, 0.1) is 27.1 Å². The van der Waals surface area contributed by atoms with Crippen LogP contribution in [0.1, 0.15) is 11.6 Å². The zero-order valence-corrected chi connectivity index (χ0v) is 14.3. The van der Waals surface area contributed by atoms with Gasteiger partial charge in [0.2, 0.25) is 0 Å². The molecule has 8 heteroatoms. The maximum atomic E-state index is 11.0. The highest BCUT2D eigenvalue weighted by atomic mass is 16.6. The van der Waals surface area contributed by atoms with Gasteiger partial charge < -0.3 is 14.5 Å². The molecule has 4 aromatic rings. The van der Waals surface area contributed by atoms with Crippen LogP contribution < -0.4 is 0 Å². The number of aromatic amines is 1. The van der Waals surface area contributed by atoms with Crippen LogP contribution in [0.2, 0.25) is 0 Å². The molecule has 0 fully saturated rings. The first-order valence-corrected chi connectivity index (χ1v) is 8.19. The number of aromatic nitrogens is 2. The second kappa shape index (κ2) is 6.74. The Kier molecular flexibility index (Phi) is 4.10. The van der Waals surface area contributed by atoms with Gasteiger partial charge in [0.15, 0.2) is 0 Å². The average Bonchev–Trinajstić information content (AvgIpc) is 3.33. The number of hydrogen-bond acceptors (Lipinski definition) is 6. The second-order valence-corrected chi connectivity index (χ2v) is 5.93. The van der Waals surface area contributed by atoms with Crippen molar-refractivity contribution in [2.75, 3.05) is 0 Å². The number of nitriles is 1. The molecule has 0 radical (unpaired) electrons. The summed E-state index contributed by atoms with van der Waals surface area (Å²) in [7, 11) is 0. The quantitative estimate of drug-likeness (QED) is 0.308. The molecule has 0 unspecified atom stereocenters. The number of non-ortho nitro benzene ring substituents is 1. The van der Waals surface area contributed by atoms with E-state index in [9.17, 15) is 20.5 Å². The highest BCUT2D eigenvalue weighted by molar-refractivity contribution is 5.89. The number of benzene rings is 2. The minimum atomic E-state index is -0.554. The lowest BCUT2D eigenvalue weighted by atomic mass is 10.1. The fourth-order valence-corrected chi connectivity index (χ4v) is 2.79. The molecule has 2 N–H and O–H groups in total. The monoisotopic (exact) mass is 372 g/mol. The van der Waals surface area contributed by atoms with Gasteiger partial charge in [-0.25, -0.2) is 4.98 Å². The van der Waals surface area contributed by atoms with Gasteiger partial charge in [-0.2, -0.15) is 5.26 Å². The fourth-order valence-electron chi connectivity index (χ4n) is 2.79. The molecular weight excluding hydrogens is 360 g/mol. The Bertz CT molecular complexity index is 1240. The van der Waals surface area contributed by atoms with Crippen LogP contribution in [0.3, 0.4) is 0 Å². The van der Waals surface area contributed by atoms with Gasteiger partial charge in [0, 0.05) is 18.2 Å². The molecule has 0 bridgehead atoms. The standard InChI is InChI=1S/C20H12N4O4/c21-11-12(20-22-16-3-1-2-4-17(16)23-20)9-14-6-8-19(28-14)15-10-13(24(26)27)5-7-18(15)25/h1-10,25H,(H,22,23)/b12-9+. The summed E-state index contributed by atoms with van der Waals surface area (Å²) in [6.07, 6.45) is 1.51. The van der Waals surface area contributed by atoms with E-state index in [1.165, 1.54) is 24.3 Å². The number of imidazole rings is 1. The Labute approximate surface area is 158 Å². The van der Waals surface area contributed by atoms with E-state index in [1.807, 2.05) is 24.3 Å². The number of rotatable bonds is 4. The molecule has 8 nitrogen and oxygen atoms in total. The number of para-hydroxylation sites is 2. The normalized spacial score (nSPS) is 11.5. The Hall–Kier alpha value is -4.38. The summed E-state index contributed by atoms with van der Waals surface area (Å²) in [6, 6.07) is 16.3. The van der Waals surface area contributed by atoms with Crippen molar-refractivity contribution < 1.29 is 14.4 Å². The van der Waals surface area contributed by atoms with Crippen molar-refractivity contribution in [3.8, 4) is 23.1 Å². The van der Waals surface area contributed by atoms with Crippen molar-refractivity contribution in [1.82, 2.24) is 9.97 Å². The summed E-state index contributed by atoms with van der Waals surface area (Å²) in [5.74, 6) is 0.848. The van der Waals surface area contributed by atoms with Crippen LogP contribution in [-0.2, 0) is 0 Å². The van der Waals surface area contributed by atoms with E-state index in [4.69, 9.17) is 4.42 Å². The summed E-state index contributed by atoms with van der Waals surface area (Å²) in [5.41, 5.74) is 1.83. The number of hydrogen-bond donors (Lipinski definition) is 2. The molecule has 0 atom stereocenters. The van der Waals surface area contributed by atoms with Crippen LogP contribution in [0.25, 0.3) is 34.0 Å². The number of H-pyrrole nitrogens is 1. The molecule has 0 saturated carbocycles. The first-order chi connectivity index (χ1) is 13.5. The third-order valence-corrected chi connectivity index (χ3v) is 4.13. The lowest BCUT2D eigenvalue weighted by Crippen LogP contribution is -1.88. The Morgan fingerprint density at radius 2 is 2.07 bits per heavy atom. The van der Waals surface area contributed by atoms with Crippen LogP contribution in [0, 0.1) is 21.4 Å². The number of phenolic OH excluding ortho intramolecular Hbond substituents is 1. The number of nitro benzene ring substituents is 1. The van der Waals surface area contributed by atoms with E-state index in [0.29, 0.717) is 11.6 Å². The topological polar surface area (TPSA) is 129 Å². The molecular formula is C20H12N4O4. The summed E-state index contributed by atoms with van der Waals surface area (Å²) in [4.78, 5) is 17.9. The Balaban J connectivity index is 1.71. The van der Waals surface area contributed by atoms with Crippen molar-refractivity contribution in [2.45, 2.75) is 0 Å². The molecule has 2 heterocycles. The van der Waals surface area contributed by atoms with Crippen molar-refractivity contribution in [1.29, 1.82) is 5.26 Å². The highest BCUT2D eigenvalue weighted by Crippen LogP contribution is 2.34. The smallest absolute Gasteiger partial charge is 0.270 e. The third-order valence-electron chi connectivity index (χ3n) is 4.13. The third kappa shape index (κ3) is 3.08. The van der Waals surface area contributed by atoms with Gasteiger partial charge >= 0.3 is 0 Å². The zero-order chi connectivity index (χ0) is 19.7. The molecule has 0 amide bonds. The predicted molar refractivity (Wildman–Crippen MR) is 102 cm³/mol. The largest absolute Gasteiger partial charge is 0.507 e. The SMILES string of the molecule is N#C/C(=C\c1ccc(-c2cc([N+](=O)[O-])ccc2O)o1)c1nc2ccccc2[nH]1. The highest BCUT2D eigenvalue weighted by Gasteiger charge is 2.15. The maximum Gasteiger partial charge on any atom is 0.270 e. The first-order valence-electron chi connectivity index (χ1n) is 8.19. The molecule has 0 saturated heterocycles. The first kappa shape index (κ1) is 17.1. The number of allylic oxidation sites excluding steroid dienone is 1. The van der Waals surface area contributed by atoms with Gasteiger partial charge in [-0.1, -0.05) is 12.1 Å². The van der Waals surface area contributed by atoms with Crippen LogP contribution in [0.15, 0.2) is 59.0 Å². The fraction of sp³-hybridized carbons (Fsp3) is 0. The number of phenols is 1. The number of nitro groups is 1. The summed E-state index contributed by atoms with van der Waals surface area (Å²) in [6.45, 7) is 0. The summed E-state index contributed by atoms with van der Waals surface area (Å²) >= 11 is 0. The lowest BCUT2D eigenvalue weighted by Gasteiger charge is -2.01. The van der Waals surface area contributed by atoms with Gasteiger partial charge in [-0.05, 0) is 30.3 Å². The van der Waals surface area contributed by atoms with E-state index in [-0.39, 0.29) is 28.3 Å². The Morgan fingerprint density at radius 3 is 2.82 bits per heavy atom. The van der Waals surface area contributed by atoms with Crippen molar-refractivity contribution in [3.05, 3.63) is 76.3 Å². The number of fused-ring (bicyclic) bond motifs is 1. The van der Waals surface area contributed by atoms with E-state index < -0.39 is 4.92 Å². The lowest BCUT2D eigenvalue weighted by molar-refractivity contribution is -0.384. The summed E-state index contributed by atoms with van der Waals surface area (Å²) < 4.78 is 5.66. The van der Waals surface area contributed by atoms with Gasteiger partial charge in [0.1, 0.15) is 29.2 Å². The van der Waals surface area contributed by atoms with Gasteiger partial charge in [-0.15, -0.1) is 0 Å². The van der Waals surface area contributed by atoms with Crippen molar-refractivity contribution >= 4 is 28.4 Å². The molecule has 4 rings (SSSR count). The average molecular weight is 372 g/mol. The number of nitrogens with zero attached hydrogens (tertiary/aromatic N) is 3. The van der Waals surface area contributed by atoms with E-state index in [1.54, 1.807) is 12.1 Å². The zero-order valence-electron chi connectivity index (χ0n) is 14.3. The molecule has 0 aliphatic carbocycles.